The molecule has 0 spiro atoms. The Labute approximate surface area is 151 Å². The van der Waals surface area contributed by atoms with Gasteiger partial charge in [-0.3, -0.25) is 4.79 Å². The Morgan fingerprint density at radius 1 is 1.24 bits per heavy atom. The van der Waals surface area contributed by atoms with Gasteiger partial charge in [0, 0.05) is 23.7 Å². The van der Waals surface area contributed by atoms with Crippen LogP contribution in [0.15, 0.2) is 29.2 Å². The Hall–Kier alpha value is -1.40. The van der Waals surface area contributed by atoms with Crippen LogP contribution in [0.2, 0.25) is 0 Å². The number of sulfonamides is 1. The first-order chi connectivity index (χ1) is 11.7. The number of benzene rings is 1. The molecule has 1 aliphatic rings. The average Bonchev–Trinajstić information content (AvgIpc) is 2.54. The quantitative estimate of drug-likeness (QED) is 0.837. The molecule has 0 aromatic heterocycles. The topological polar surface area (TPSA) is 66.5 Å². The number of amides is 1. The monoisotopic (exact) mass is 366 g/mol. The van der Waals surface area contributed by atoms with Gasteiger partial charge in [-0.05, 0) is 64.3 Å². The van der Waals surface area contributed by atoms with Crippen LogP contribution in [-0.2, 0) is 10.0 Å². The van der Waals surface area contributed by atoms with Gasteiger partial charge in [0.2, 0.25) is 10.0 Å². The first-order valence-electron chi connectivity index (χ1n) is 9.12. The van der Waals surface area contributed by atoms with Crippen molar-refractivity contribution >= 4 is 15.9 Å². The van der Waals surface area contributed by atoms with Crippen LogP contribution in [0.1, 0.15) is 70.2 Å². The van der Waals surface area contributed by atoms with Gasteiger partial charge in [-0.15, -0.1) is 0 Å². The van der Waals surface area contributed by atoms with E-state index in [1.165, 1.54) is 0 Å². The highest BCUT2D eigenvalue weighted by Crippen LogP contribution is 2.25. The third kappa shape index (κ3) is 4.82. The molecule has 1 aliphatic heterocycles. The zero-order chi connectivity index (χ0) is 18.7. The van der Waals surface area contributed by atoms with Crippen molar-refractivity contribution in [1.82, 2.24) is 9.62 Å². The van der Waals surface area contributed by atoms with Crippen molar-refractivity contribution in [2.24, 2.45) is 0 Å². The lowest BCUT2D eigenvalue weighted by Crippen LogP contribution is -2.43. The van der Waals surface area contributed by atoms with Crippen molar-refractivity contribution < 1.29 is 13.2 Å². The summed E-state index contributed by atoms with van der Waals surface area (Å²) in [4.78, 5) is 12.6. The lowest BCUT2D eigenvalue weighted by molar-refractivity contribution is 0.0909. The highest BCUT2D eigenvalue weighted by atomic mass is 32.2. The smallest absolute Gasteiger partial charge is 0.251 e. The van der Waals surface area contributed by atoms with Gasteiger partial charge >= 0.3 is 0 Å². The van der Waals surface area contributed by atoms with E-state index in [0.29, 0.717) is 12.1 Å². The van der Waals surface area contributed by atoms with E-state index in [4.69, 9.17) is 0 Å². The lowest BCUT2D eigenvalue weighted by Gasteiger charge is -2.32. The van der Waals surface area contributed by atoms with Crippen LogP contribution < -0.4 is 5.32 Å². The molecule has 1 unspecified atom stereocenters. The predicted octanol–water partition coefficient (Wildman–Crippen LogP) is 3.56. The number of nitrogens with zero attached hydrogens (tertiary/aromatic N) is 1. The maximum Gasteiger partial charge on any atom is 0.251 e. The summed E-state index contributed by atoms with van der Waals surface area (Å²) in [5.41, 5.74) is 0.203. The molecule has 140 valence electrons. The summed E-state index contributed by atoms with van der Waals surface area (Å²) in [6, 6.07) is 6.30. The minimum Gasteiger partial charge on any atom is -0.347 e. The van der Waals surface area contributed by atoms with Gasteiger partial charge in [0.1, 0.15) is 0 Å². The Balaban J connectivity index is 2.15. The largest absolute Gasteiger partial charge is 0.347 e. The highest BCUT2D eigenvalue weighted by Gasteiger charge is 2.31. The van der Waals surface area contributed by atoms with Gasteiger partial charge in [-0.25, -0.2) is 8.42 Å². The van der Waals surface area contributed by atoms with Crippen LogP contribution in [0.4, 0.5) is 0 Å². The van der Waals surface area contributed by atoms with Crippen LogP contribution in [0, 0.1) is 0 Å². The fraction of sp³-hybridized carbons (Fsp3) is 0.632. The SMILES string of the molecule is CCCC(C)(C)NC(=O)c1ccc(S(=O)(=O)N2CCCCC2C)cc1. The van der Waals surface area contributed by atoms with E-state index in [1.807, 2.05) is 20.8 Å². The summed E-state index contributed by atoms with van der Waals surface area (Å²) in [5, 5.41) is 3.00. The second-order valence-electron chi connectivity index (χ2n) is 7.57. The molecule has 1 heterocycles. The van der Waals surface area contributed by atoms with Crippen molar-refractivity contribution in [2.45, 2.75) is 76.3 Å². The van der Waals surface area contributed by atoms with E-state index in [9.17, 15) is 13.2 Å². The number of hydrogen-bond donors (Lipinski definition) is 1. The molecular formula is C19H30N2O3S. The molecule has 0 bridgehead atoms. The second-order valence-corrected chi connectivity index (χ2v) is 9.46. The minimum atomic E-state index is -3.50. The molecule has 0 radical (unpaired) electrons. The van der Waals surface area contributed by atoms with Crippen LogP contribution in [0.5, 0.6) is 0 Å². The number of hydrogen-bond acceptors (Lipinski definition) is 3. The number of nitrogens with one attached hydrogen (secondary N) is 1. The minimum absolute atomic E-state index is 0.0246. The lowest BCUT2D eigenvalue weighted by atomic mass is 9.98. The first kappa shape index (κ1) is 19.9. The number of carbonyl (C=O) groups excluding carboxylic acids is 1. The third-order valence-electron chi connectivity index (χ3n) is 4.79. The molecule has 2 rings (SSSR count). The normalized spacial score (nSPS) is 19.6. The molecule has 5 nitrogen and oxygen atoms in total. The second kappa shape index (κ2) is 7.87. The molecule has 1 N–H and O–H groups in total. The molecule has 1 aromatic rings. The molecule has 6 heteroatoms. The van der Waals surface area contributed by atoms with Crippen LogP contribution >= 0.6 is 0 Å². The molecule has 1 saturated heterocycles. The zero-order valence-corrected chi connectivity index (χ0v) is 16.5. The Morgan fingerprint density at radius 2 is 1.88 bits per heavy atom. The first-order valence-corrected chi connectivity index (χ1v) is 10.6. The molecule has 1 aromatic carbocycles. The van der Waals surface area contributed by atoms with Gasteiger partial charge in [0.05, 0.1) is 4.90 Å². The molecule has 0 saturated carbocycles. The fourth-order valence-corrected chi connectivity index (χ4v) is 5.11. The maximum absolute atomic E-state index is 12.8. The standard InChI is InChI=1S/C19H30N2O3S/c1-5-13-19(3,4)20-18(22)16-9-11-17(12-10-16)25(23,24)21-14-7-6-8-15(21)2/h9-12,15H,5-8,13-14H2,1-4H3,(H,20,22). The van der Waals surface area contributed by atoms with Crippen molar-refractivity contribution in [3.05, 3.63) is 29.8 Å². The van der Waals surface area contributed by atoms with Gasteiger partial charge in [-0.1, -0.05) is 19.8 Å². The molecule has 0 aliphatic carbocycles. The van der Waals surface area contributed by atoms with Crippen LogP contribution in [0.25, 0.3) is 0 Å². The summed E-state index contributed by atoms with van der Waals surface area (Å²) < 4.78 is 27.2. The average molecular weight is 367 g/mol. The Kier molecular flexibility index (Phi) is 6.27. The number of carbonyl (C=O) groups is 1. The zero-order valence-electron chi connectivity index (χ0n) is 15.7. The fourth-order valence-electron chi connectivity index (χ4n) is 3.41. The Morgan fingerprint density at radius 3 is 2.44 bits per heavy atom. The summed E-state index contributed by atoms with van der Waals surface area (Å²) >= 11 is 0. The van der Waals surface area contributed by atoms with Crippen molar-refractivity contribution in [3.8, 4) is 0 Å². The van der Waals surface area contributed by atoms with Crippen LogP contribution in [0.3, 0.4) is 0 Å². The molecule has 25 heavy (non-hydrogen) atoms. The molecular weight excluding hydrogens is 336 g/mol. The maximum atomic E-state index is 12.8. The number of piperidine rings is 1. The van der Waals surface area contributed by atoms with E-state index in [2.05, 4.69) is 12.2 Å². The van der Waals surface area contributed by atoms with E-state index in [-0.39, 0.29) is 22.4 Å². The summed E-state index contributed by atoms with van der Waals surface area (Å²) in [7, 11) is -3.50. The van der Waals surface area contributed by atoms with Gasteiger partial charge in [0.25, 0.3) is 5.91 Å². The van der Waals surface area contributed by atoms with Crippen molar-refractivity contribution in [3.63, 3.8) is 0 Å². The summed E-state index contributed by atoms with van der Waals surface area (Å²) in [6.45, 7) is 8.58. The van der Waals surface area contributed by atoms with E-state index in [1.54, 1.807) is 28.6 Å². The summed E-state index contributed by atoms with van der Waals surface area (Å²) in [5.74, 6) is -0.172. The van der Waals surface area contributed by atoms with E-state index >= 15 is 0 Å². The van der Waals surface area contributed by atoms with E-state index < -0.39 is 10.0 Å². The van der Waals surface area contributed by atoms with Crippen molar-refractivity contribution in [1.29, 1.82) is 0 Å². The molecule has 1 amide bonds. The Bertz CT molecular complexity index is 696. The van der Waals surface area contributed by atoms with Crippen LogP contribution in [-0.4, -0.2) is 36.8 Å². The van der Waals surface area contributed by atoms with Gasteiger partial charge < -0.3 is 5.32 Å². The van der Waals surface area contributed by atoms with Gasteiger partial charge in [0.15, 0.2) is 0 Å². The summed E-state index contributed by atoms with van der Waals surface area (Å²) in [6.07, 6.45) is 4.74. The third-order valence-corrected chi connectivity index (χ3v) is 6.82. The molecule has 1 atom stereocenters. The van der Waals surface area contributed by atoms with E-state index in [0.717, 1.165) is 32.1 Å². The molecule has 1 fully saturated rings. The van der Waals surface area contributed by atoms with Gasteiger partial charge in [-0.2, -0.15) is 4.31 Å². The predicted molar refractivity (Wildman–Crippen MR) is 100 cm³/mol. The van der Waals surface area contributed by atoms with Crippen molar-refractivity contribution in [2.75, 3.05) is 6.54 Å². The highest BCUT2D eigenvalue weighted by molar-refractivity contribution is 7.89. The number of rotatable bonds is 6.